The summed E-state index contributed by atoms with van der Waals surface area (Å²) in [5, 5.41) is 17.1. The molecule has 0 rings (SSSR count). The average Bonchev–Trinajstić information content (AvgIpc) is 2.31. The van der Waals surface area contributed by atoms with E-state index in [1.54, 1.807) is 23.5 Å². The average molecular weight is 286 g/mol. The zero-order chi connectivity index (χ0) is 11.9. The topological polar surface area (TPSA) is 49.7 Å². The van der Waals surface area contributed by atoms with Crippen molar-refractivity contribution in [3.05, 3.63) is 0 Å². The summed E-state index contributed by atoms with van der Waals surface area (Å²) in [4.78, 5) is 0. The van der Waals surface area contributed by atoms with Crippen LogP contribution in [0, 0.1) is 0 Å². The van der Waals surface area contributed by atoms with Gasteiger partial charge in [0, 0.05) is 34.5 Å². The minimum atomic E-state index is 0.256. The standard InChI is InChI=1S/C10H22O3S3/c11-1-5-14-7-3-13-4-8-16-10-9-15-6-2-12/h11-12H,1-10H2. The third-order valence-corrected chi connectivity index (χ3v) is 4.68. The minimum Gasteiger partial charge on any atom is -0.396 e. The highest BCUT2D eigenvalue weighted by Crippen LogP contribution is 2.06. The fourth-order valence-corrected chi connectivity index (χ4v) is 3.18. The lowest BCUT2D eigenvalue weighted by molar-refractivity contribution is 0.167. The molecule has 0 unspecified atom stereocenters. The molecule has 0 spiro atoms. The van der Waals surface area contributed by atoms with E-state index in [1.807, 2.05) is 11.8 Å². The summed E-state index contributed by atoms with van der Waals surface area (Å²) < 4.78 is 5.44. The molecular formula is C10H22O3S3. The Kier molecular flexibility index (Phi) is 16.9. The van der Waals surface area contributed by atoms with E-state index in [2.05, 4.69) is 0 Å². The monoisotopic (exact) mass is 286 g/mol. The van der Waals surface area contributed by atoms with Gasteiger partial charge >= 0.3 is 0 Å². The van der Waals surface area contributed by atoms with E-state index in [-0.39, 0.29) is 13.2 Å². The molecular weight excluding hydrogens is 264 g/mol. The largest absolute Gasteiger partial charge is 0.396 e. The van der Waals surface area contributed by atoms with E-state index >= 15 is 0 Å². The zero-order valence-electron chi connectivity index (χ0n) is 9.60. The Labute approximate surface area is 111 Å². The van der Waals surface area contributed by atoms with Gasteiger partial charge in [-0.1, -0.05) is 0 Å². The van der Waals surface area contributed by atoms with Crippen molar-refractivity contribution < 1.29 is 14.9 Å². The quantitative estimate of drug-likeness (QED) is 0.496. The molecule has 0 saturated heterocycles. The predicted octanol–water partition coefficient (Wildman–Crippen LogP) is 1.19. The van der Waals surface area contributed by atoms with Crippen molar-refractivity contribution in [2.45, 2.75) is 0 Å². The summed E-state index contributed by atoms with van der Waals surface area (Å²) in [6.07, 6.45) is 0. The SMILES string of the molecule is OCCSCCOCCSCCSCCO. The van der Waals surface area contributed by atoms with E-state index in [0.717, 1.165) is 47.7 Å². The molecule has 0 aromatic heterocycles. The van der Waals surface area contributed by atoms with Crippen molar-refractivity contribution in [1.29, 1.82) is 0 Å². The Bertz CT molecular complexity index is 114. The van der Waals surface area contributed by atoms with Crippen molar-refractivity contribution in [2.24, 2.45) is 0 Å². The highest BCUT2D eigenvalue weighted by Gasteiger charge is 1.92. The summed E-state index contributed by atoms with van der Waals surface area (Å²) >= 11 is 5.41. The van der Waals surface area contributed by atoms with E-state index in [9.17, 15) is 0 Å². The van der Waals surface area contributed by atoms with Crippen LogP contribution in [0.1, 0.15) is 0 Å². The minimum absolute atomic E-state index is 0.256. The van der Waals surface area contributed by atoms with Gasteiger partial charge < -0.3 is 14.9 Å². The molecule has 16 heavy (non-hydrogen) atoms. The highest BCUT2D eigenvalue weighted by molar-refractivity contribution is 8.02. The molecule has 0 aliphatic carbocycles. The molecule has 0 saturated carbocycles. The number of rotatable bonds is 13. The molecule has 0 fully saturated rings. The predicted molar refractivity (Wildman–Crippen MR) is 77.0 cm³/mol. The third-order valence-electron chi connectivity index (χ3n) is 1.59. The Hall–Kier alpha value is 0.930. The summed E-state index contributed by atoms with van der Waals surface area (Å²) in [5.41, 5.74) is 0. The zero-order valence-corrected chi connectivity index (χ0v) is 12.0. The van der Waals surface area contributed by atoms with Crippen LogP contribution in [0.5, 0.6) is 0 Å². The Balaban J connectivity index is 2.83. The molecule has 2 N–H and O–H groups in total. The van der Waals surface area contributed by atoms with Crippen molar-refractivity contribution in [2.75, 3.05) is 60.9 Å². The second-order valence-electron chi connectivity index (χ2n) is 2.90. The van der Waals surface area contributed by atoms with Crippen molar-refractivity contribution in [1.82, 2.24) is 0 Å². The first-order valence-electron chi connectivity index (χ1n) is 5.44. The maximum atomic E-state index is 8.56. The molecule has 6 heteroatoms. The Morgan fingerprint density at radius 3 is 1.56 bits per heavy atom. The molecule has 0 bridgehead atoms. The van der Waals surface area contributed by atoms with Crippen LogP contribution in [-0.4, -0.2) is 71.2 Å². The van der Waals surface area contributed by atoms with Crippen LogP contribution in [0.15, 0.2) is 0 Å². The first kappa shape index (κ1) is 16.9. The lowest BCUT2D eigenvalue weighted by atomic mass is 10.8. The first-order chi connectivity index (χ1) is 7.91. The molecule has 0 aromatic carbocycles. The van der Waals surface area contributed by atoms with Crippen LogP contribution >= 0.6 is 35.3 Å². The summed E-state index contributed by atoms with van der Waals surface area (Å²) in [6, 6.07) is 0. The van der Waals surface area contributed by atoms with Gasteiger partial charge in [0.1, 0.15) is 0 Å². The number of hydrogen-bond acceptors (Lipinski definition) is 6. The van der Waals surface area contributed by atoms with Gasteiger partial charge in [-0.05, 0) is 0 Å². The van der Waals surface area contributed by atoms with Gasteiger partial charge in [-0.15, -0.1) is 0 Å². The lowest BCUT2D eigenvalue weighted by Gasteiger charge is -2.04. The molecule has 3 nitrogen and oxygen atoms in total. The molecule has 0 aliphatic rings. The number of hydrogen-bond donors (Lipinski definition) is 2. The maximum absolute atomic E-state index is 8.56. The first-order valence-corrected chi connectivity index (χ1v) is 8.91. The Morgan fingerprint density at radius 2 is 1.06 bits per heavy atom. The van der Waals surface area contributed by atoms with Crippen LogP contribution in [0.2, 0.25) is 0 Å². The van der Waals surface area contributed by atoms with Gasteiger partial charge in [0.15, 0.2) is 0 Å². The number of thioether (sulfide) groups is 3. The van der Waals surface area contributed by atoms with Gasteiger partial charge in [0.05, 0.1) is 26.4 Å². The summed E-state index contributed by atoms with van der Waals surface area (Å²) in [7, 11) is 0. The maximum Gasteiger partial charge on any atom is 0.0557 e. The van der Waals surface area contributed by atoms with Crippen LogP contribution < -0.4 is 0 Å². The summed E-state index contributed by atoms with van der Waals surface area (Å²) in [6.45, 7) is 2.13. The van der Waals surface area contributed by atoms with Gasteiger partial charge in [-0.2, -0.15) is 35.3 Å². The molecule has 0 heterocycles. The summed E-state index contributed by atoms with van der Waals surface area (Å²) in [5.74, 6) is 5.91. The van der Waals surface area contributed by atoms with E-state index in [4.69, 9.17) is 14.9 Å². The fraction of sp³-hybridized carbons (Fsp3) is 1.00. The highest BCUT2D eigenvalue weighted by atomic mass is 32.2. The van der Waals surface area contributed by atoms with Crippen LogP contribution in [-0.2, 0) is 4.74 Å². The van der Waals surface area contributed by atoms with E-state index in [1.165, 1.54) is 0 Å². The molecule has 0 radical (unpaired) electrons. The van der Waals surface area contributed by atoms with E-state index < -0.39 is 0 Å². The Morgan fingerprint density at radius 1 is 0.625 bits per heavy atom. The molecule has 0 amide bonds. The molecule has 0 aliphatic heterocycles. The number of aliphatic hydroxyl groups excluding tert-OH is 2. The molecule has 0 aromatic rings. The van der Waals surface area contributed by atoms with Crippen molar-refractivity contribution in [3.8, 4) is 0 Å². The van der Waals surface area contributed by atoms with E-state index in [0.29, 0.717) is 0 Å². The smallest absolute Gasteiger partial charge is 0.0557 e. The second-order valence-corrected chi connectivity index (χ2v) is 6.57. The van der Waals surface area contributed by atoms with Crippen LogP contribution in [0.3, 0.4) is 0 Å². The fourth-order valence-electron chi connectivity index (χ4n) is 0.891. The third kappa shape index (κ3) is 14.9. The van der Waals surface area contributed by atoms with Crippen molar-refractivity contribution in [3.63, 3.8) is 0 Å². The number of aliphatic hydroxyl groups is 2. The van der Waals surface area contributed by atoms with Gasteiger partial charge in [-0.25, -0.2) is 0 Å². The lowest BCUT2D eigenvalue weighted by Crippen LogP contribution is -2.03. The van der Waals surface area contributed by atoms with Gasteiger partial charge in [0.2, 0.25) is 0 Å². The van der Waals surface area contributed by atoms with Crippen LogP contribution in [0.4, 0.5) is 0 Å². The number of ether oxygens (including phenoxy) is 1. The van der Waals surface area contributed by atoms with Crippen LogP contribution in [0.25, 0.3) is 0 Å². The van der Waals surface area contributed by atoms with Crippen molar-refractivity contribution >= 4 is 35.3 Å². The normalized spacial score (nSPS) is 10.9. The second kappa shape index (κ2) is 15.9. The molecule has 98 valence electrons. The van der Waals surface area contributed by atoms with Gasteiger partial charge in [-0.3, -0.25) is 0 Å². The molecule has 0 atom stereocenters. The van der Waals surface area contributed by atoms with Gasteiger partial charge in [0.25, 0.3) is 0 Å².